The van der Waals surface area contributed by atoms with Gasteiger partial charge in [-0.25, -0.2) is 0 Å². The van der Waals surface area contributed by atoms with E-state index in [2.05, 4.69) is 4.90 Å². The van der Waals surface area contributed by atoms with Crippen LogP contribution >= 0.6 is 0 Å². The second-order valence-electron chi connectivity index (χ2n) is 5.01. The number of hydrogen-bond acceptors (Lipinski definition) is 4. The summed E-state index contributed by atoms with van der Waals surface area (Å²) < 4.78 is 5.66. The molecule has 4 nitrogen and oxygen atoms in total. The zero-order chi connectivity index (χ0) is 13.0. The van der Waals surface area contributed by atoms with E-state index < -0.39 is 0 Å². The van der Waals surface area contributed by atoms with E-state index in [0.29, 0.717) is 12.5 Å². The van der Waals surface area contributed by atoms with E-state index in [1.165, 1.54) is 0 Å². The van der Waals surface area contributed by atoms with Crippen molar-refractivity contribution in [2.75, 3.05) is 32.0 Å². The molecular formula is C14H22N2O2. The van der Waals surface area contributed by atoms with E-state index >= 15 is 0 Å². The molecule has 1 fully saturated rings. The molecule has 2 unspecified atom stereocenters. The molecule has 0 spiro atoms. The van der Waals surface area contributed by atoms with Crippen molar-refractivity contribution in [1.29, 1.82) is 0 Å². The maximum Gasteiger partial charge on any atom is 0.119 e. The highest BCUT2D eigenvalue weighted by molar-refractivity contribution is 5.41. The van der Waals surface area contributed by atoms with Crippen LogP contribution in [0.2, 0.25) is 0 Å². The first-order chi connectivity index (χ1) is 8.65. The van der Waals surface area contributed by atoms with Crippen molar-refractivity contribution in [3.05, 3.63) is 24.3 Å². The molecule has 0 bridgehead atoms. The minimum Gasteiger partial charge on any atom is -0.492 e. The second-order valence-corrected chi connectivity index (χ2v) is 5.01. The van der Waals surface area contributed by atoms with Crippen molar-refractivity contribution in [3.8, 4) is 5.75 Å². The maximum absolute atomic E-state index is 9.53. The summed E-state index contributed by atoms with van der Waals surface area (Å²) >= 11 is 0. The SMILES string of the molecule is CC(O)C1CCN(CCOc2ccc(N)cc2)C1. The second kappa shape index (κ2) is 6.07. The molecule has 2 rings (SSSR count). The van der Waals surface area contributed by atoms with Crippen molar-refractivity contribution < 1.29 is 9.84 Å². The van der Waals surface area contributed by atoms with Gasteiger partial charge in [-0.3, -0.25) is 4.90 Å². The number of hydrogen-bond donors (Lipinski definition) is 2. The van der Waals surface area contributed by atoms with Crippen LogP contribution < -0.4 is 10.5 Å². The lowest BCUT2D eigenvalue weighted by Gasteiger charge is -2.17. The molecule has 0 aromatic heterocycles. The quantitative estimate of drug-likeness (QED) is 0.775. The third-order valence-corrected chi connectivity index (χ3v) is 3.55. The zero-order valence-electron chi connectivity index (χ0n) is 10.9. The summed E-state index contributed by atoms with van der Waals surface area (Å²) in [6, 6.07) is 7.46. The number of nitrogen functional groups attached to an aromatic ring is 1. The van der Waals surface area contributed by atoms with Gasteiger partial charge in [0.05, 0.1) is 6.10 Å². The minimum atomic E-state index is -0.201. The average Bonchev–Trinajstić information content (AvgIpc) is 2.81. The van der Waals surface area contributed by atoms with Gasteiger partial charge in [-0.05, 0) is 50.1 Å². The average molecular weight is 250 g/mol. The number of ether oxygens (including phenoxy) is 1. The van der Waals surface area contributed by atoms with E-state index in [0.717, 1.165) is 37.5 Å². The number of aliphatic hydroxyl groups is 1. The van der Waals surface area contributed by atoms with Gasteiger partial charge in [0.25, 0.3) is 0 Å². The lowest BCUT2D eigenvalue weighted by atomic mass is 10.0. The number of benzene rings is 1. The maximum atomic E-state index is 9.53. The molecule has 1 heterocycles. The molecule has 1 aromatic carbocycles. The minimum absolute atomic E-state index is 0.201. The Kier molecular flexibility index (Phi) is 4.44. The van der Waals surface area contributed by atoms with Crippen LogP contribution in [0.5, 0.6) is 5.75 Å². The highest BCUT2D eigenvalue weighted by atomic mass is 16.5. The van der Waals surface area contributed by atoms with Crippen molar-refractivity contribution in [2.24, 2.45) is 5.92 Å². The Morgan fingerprint density at radius 3 is 2.78 bits per heavy atom. The van der Waals surface area contributed by atoms with E-state index in [9.17, 15) is 5.11 Å². The van der Waals surface area contributed by atoms with Gasteiger partial charge >= 0.3 is 0 Å². The van der Waals surface area contributed by atoms with Gasteiger partial charge in [0, 0.05) is 18.8 Å². The van der Waals surface area contributed by atoms with Crippen LogP contribution in [0.4, 0.5) is 5.69 Å². The fraction of sp³-hybridized carbons (Fsp3) is 0.571. The molecule has 18 heavy (non-hydrogen) atoms. The van der Waals surface area contributed by atoms with Crippen LogP contribution in [0.3, 0.4) is 0 Å². The van der Waals surface area contributed by atoms with Crippen molar-refractivity contribution >= 4 is 5.69 Å². The molecule has 0 aliphatic carbocycles. The molecule has 1 aliphatic rings. The molecule has 4 heteroatoms. The summed E-state index contributed by atoms with van der Waals surface area (Å²) in [6.45, 7) is 5.49. The topological polar surface area (TPSA) is 58.7 Å². The summed E-state index contributed by atoms with van der Waals surface area (Å²) in [5.41, 5.74) is 6.36. The number of nitrogens with two attached hydrogens (primary N) is 1. The molecule has 1 saturated heterocycles. The largest absolute Gasteiger partial charge is 0.492 e. The molecule has 0 amide bonds. The van der Waals surface area contributed by atoms with Gasteiger partial charge < -0.3 is 15.6 Å². The molecule has 0 saturated carbocycles. The molecule has 2 atom stereocenters. The van der Waals surface area contributed by atoms with Crippen LogP contribution in [0, 0.1) is 5.92 Å². The Bertz CT molecular complexity index is 365. The van der Waals surface area contributed by atoms with E-state index in [1.807, 2.05) is 31.2 Å². The van der Waals surface area contributed by atoms with Gasteiger partial charge in [-0.1, -0.05) is 0 Å². The Morgan fingerprint density at radius 2 is 2.17 bits per heavy atom. The normalized spacial score (nSPS) is 22.0. The number of likely N-dealkylation sites (tertiary alicyclic amines) is 1. The number of rotatable bonds is 5. The monoisotopic (exact) mass is 250 g/mol. The third-order valence-electron chi connectivity index (χ3n) is 3.55. The molecule has 100 valence electrons. The van der Waals surface area contributed by atoms with Crippen LogP contribution in [-0.4, -0.2) is 42.4 Å². The number of anilines is 1. The predicted molar refractivity (Wildman–Crippen MR) is 72.6 cm³/mol. The van der Waals surface area contributed by atoms with Crippen LogP contribution in [0.25, 0.3) is 0 Å². The van der Waals surface area contributed by atoms with Crippen LogP contribution in [0.15, 0.2) is 24.3 Å². The molecule has 3 N–H and O–H groups in total. The Hall–Kier alpha value is -1.26. The number of aliphatic hydroxyl groups excluding tert-OH is 1. The van der Waals surface area contributed by atoms with Crippen LogP contribution in [0.1, 0.15) is 13.3 Å². The Labute approximate surface area is 108 Å². The molecule has 0 radical (unpaired) electrons. The van der Waals surface area contributed by atoms with Gasteiger partial charge in [0.2, 0.25) is 0 Å². The van der Waals surface area contributed by atoms with E-state index in [4.69, 9.17) is 10.5 Å². The Morgan fingerprint density at radius 1 is 1.44 bits per heavy atom. The molecular weight excluding hydrogens is 228 g/mol. The number of nitrogens with zero attached hydrogens (tertiary/aromatic N) is 1. The first kappa shape index (κ1) is 13.2. The van der Waals surface area contributed by atoms with Gasteiger partial charge in [-0.15, -0.1) is 0 Å². The van der Waals surface area contributed by atoms with Crippen molar-refractivity contribution in [1.82, 2.24) is 4.90 Å². The van der Waals surface area contributed by atoms with E-state index in [-0.39, 0.29) is 6.10 Å². The van der Waals surface area contributed by atoms with Gasteiger partial charge in [0.15, 0.2) is 0 Å². The summed E-state index contributed by atoms with van der Waals surface area (Å²) in [5, 5.41) is 9.53. The first-order valence-electron chi connectivity index (χ1n) is 6.54. The summed E-state index contributed by atoms with van der Waals surface area (Å²) in [7, 11) is 0. The fourth-order valence-corrected chi connectivity index (χ4v) is 2.32. The van der Waals surface area contributed by atoms with Crippen LogP contribution in [-0.2, 0) is 0 Å². The fourth-order valence-electron chi connectivity index (χ4n) is 2.32. The van der Waals surface area contributed by atoms with E-state index in [1.54, 1.807) is 0 Å². The summed E-state index contributed by atoms with van der Waals surface area (Å²) in [5.74, 6) is 1.27. The zero-order valence-corrected chi connectivity index (χ0v) is 10.9. The lowest BCUT2D eigenvalue weighted by molar-refractivity contribution is 0.125. The summed E-state index contributed by atoms with van der Waals surface area (Å²) in [6.07, 6.45) is 0.882. The lowest BCUT2D eigenvalue weighted by Crippen LogP contribution is -2.28. The van der Waals surface area contributed by atoms with Crippen molar-refractivity contribution in [3.63, 3.8) is 0 Å². The smallest absolute Gasteiger partial charge is 0.119 e. The predicted octanol–water partition coefficient (Wildman–Crippen LogP) is 1.35. The first-order valence-corrected chi connectivity index (χ1v) is 6.54. The van der Waals surface area contributed by atoms with Crippen molar-refractivity contribution in [2.45, 2.75) is 19.4 Å². The standard InChI is InChI=1S/C14H22N2O2/c1-11(17)12-6-7-16(10-12)8-9-18-14-4-2-13(15)3-5-14/h2-5,11-12,17H,6-10,15H2,1H3. The Balaban J connectivity index is 1.68. The molecule has 1 aromatic rings. The highest BCUT2D eigenvalue weighted by Crippen LogP contribution is 2.19. The molecule has 1 aliphatic heterocycles. The van der Waals surface area contributed by atoms with Gasteiger partial charge in [-0.2, -0.15) is 0 Å². The highest BCUT2D eigenvalue weighted by Gasteiger charge is 2.25. The third kappa shape index (κ3) is 3.62. The summed E-state index contributed by atoms with van der Waals surface area (Å²) in [4.78, 5) is 2.34. The van der Waals surface area contributed by atoms with Gasteiger partial charge in [0.1, 0.15) is 12.4 Å².